The van der Waals surface area contributed by atoms with E-state index in [1.807, 2.05) is 0 Å². The molecule has 0 aliphatic rings. The van der Waals surface area contributed by atoms with E-state index in [1.54, 1.807) is 0 Å². The van der Waals surface area contributed by atoms with E-state index < -0.39 is 35.8 Å². The van der Waals surface area contributed by atoms with E-state index in [-0.39, 0.29) is 16.9 Å². The molecule has 15 heavy (non-hydrogen) atoms. The molecule has 78 valence electrons. The van der Waals surface area contributed by atoms with Crippen LogP contribution in [0.15, 0.2) is 30.4 Å². The zero-order valence-electron chi connectivity index (χ0n) is 15.5. The molecule has 0 aliphatic carbocycles. The number of hydrogen-bond donors (Lipinski definition) is 3. The van der Waals surface area contributed by atoms with Crippen molar-refractivity contribution < 1.29 is 21.0 Å². The molecule has 0 saturated heterocycles. The Balaban J connectivity index is 2.90. The van der Waals surface area contributed by atoms with Gasteiger partial charge in [0.25, 0.3) is 0 Å². The fourth-order valence-corrected chi connectivity index (χ4v) is 1.16. The molecule has 0 bridgehead atoms. The van der Waals surface area contributed by atoms with Crippen molar-refractivity contribution in [2.24, 2.45) is 5.72 Å². The highest BCUT2D eigenvalue weighted by atomic mass is 16.4. The maximum Gasteiger partial charge on any atom is 0.320 e. The Morgan fingerprint density at radius 2 is 2.80 bits per heavy atom. The predicted molar refractivity (Wildman–Crippen MR) is 57.6 cm³/mol. The summed E-state index contributed by atoms with van der Waals surface area (Å²) in [6.45, 7) is 0. The maximum atomic E-state index is 11.3. The summed E-state index contributed by atoms with van der Waals surface area (Å²) in [6.07, 6.45) is -3.91. The third kappa shape index (κ3) is 1.85. The number of aromatic nitrogens is 1. The summed E-state index contributed by atoms with van der Waals surface area (Å²) in [4.78, 5) is 11.8. The summed E-state index contributed by atoms with van der Waals surface area (Å²) < 4.78 is 61.5. The van der Waals surface area contributed by atoms with Gasteiger partial charge in [0.2, 0.25) is 0 Å². The minimum Gasteiger partial charge on any atom is -0.480 e. The Labute approximate surface area is 98.1 Å². The Kier molecular flexibility index (Phi) is 0.994. The average Bonchev–Trinajstić information content (AvgIpc) is 2.70. The molecule has 1 aromatic carbocycles. The minimum atomic E-state index is -3.37. The van der Waals surface area contributed by atoms with Gasteiger partial charge in [0.1, 0.15) is 8.84 Å². The number of H-pyrrole nitrogens is 1. The van der Waals surface area contributed by atoms with Crippen molar-refractivity contribution in [2.45, 2.75) is 12.4 Å². The maximum absolute atomic E-state index is 11.3. The lowest BCUT2D eigenvalue weighted by molar-refractivity contribution is -0.138. The van der Waals surface area contributed by atoms with Crippen molar-refractivity contribution in [3.8, 4) is 0 Å². The van der Waals surface area contributed by atoms with Gasteiger partial charge in [-0.05, 0) is 11.6 Å². The van der Waals surface area contributed by atoms with Gasteiger partial charge in [-0.25, -0.2) is 0 Å². The van der Waals surface area contributed by atoms with Crippen molar-refractivity contribution in [1.82, 2.24) is 4.98 Å². The van der Waals surface area contributed by atoms with E-state index in [0.717, 1.165) is 0 Å². The highest BCUT2D eigenvalue weighted by molar-refractivity contribution is 5.84. The molecule has 2 aromatic rings. The summed E-state index contributed by atoms with van der Waals surface area (Å²) >= 11 is 0. The molecule has 0 unspecified atom stereocenters. The number of nitrogens with one attached hydrogen (secondary N) is 1. The molecule has 0 saturated carbocycles. The summed E-state index contributed by atoms with van der Waals surface area (Å²) in [5, 5.41) is 9.08. The van der Waals surface area contributed by atoms with Crippen LogP contribution in [-0.4, -0.2) is 22.1 Å². The van der Waals surface area contributed by atoms with Crippen LogP contribution in [0.25, 0.3) is 10.9 Å². The van der Waals surface area contributed by atoms with Crippen molar-refractivity contribution in [2.75, 3.05) is 0 Å². The first-order chi connectivity index (χ1) is 10.5. The monoisotopic (exact) mass is 212 g/mol. The topological polar surface area (TPSA) is 79.1 Å². The molecule has 0 spiro atoms. The SMILES string of the molecule is [2H]c1cccc2c(C([2H])([2H])[C@@]([2H])(C(=O)O)N([2H])[2H])c([2H])n([2H])c12. The van der Waals surface area contributed by atoms with E-state index >= 15 is 0 Å². The van der Waals surface area contributed by atoms with Crippen molar-refractivity contribution >= 4 is 16.9 Å². The number of aromatic amines is 1. The minimum absolute atomic E-state index is 0.0813. The Morgan fingerprint density at radius 3 is 3.53 bits per heavy atom. The molecular formula is C11H12N2O2. The zero-order valence-corrected chi connectivity index (χ0v) is 7.48. The Bertz CT molecular complexity index is 790. The van der Waals surface area contributed by atoms with Gasteiger partial charge in [-0.3, -0.25) is 4.79 Å². The van der Waals surface area contributed by atoms with Crippen LogP contribution >= 0.6 is 0 Å². The van der Waals surface area contributed by atoms with Crippen LogP contribution in [0.2, 0.25) is 4.24 Å². The third-order valence-electron chi connectivity index (χ3n) is 1.83. The first-order valence-electron chi connectivity index (χ1n) is 7.93. The summed E-state index contributed by atoms with van der Waals surface area (Å²) in [7, 11) is 0. The largest absolute Gasteiger partial charge is 0.480 e. The number of aliphatic carboxylic acids is 1. The van der Waals surface area contributed by atoms with Crippen LogP contribution in [0.1, 0.15) is 12.4 Å². The molecule has 0 fully saturated rings. The predicted octanol–water partition coefficient (Wildman–Crippen LogP) is 1.12. The van der Waals surface area contributed by atoms with Gasteiger partial charge in [-0.2, -0.15) is 0 Å². The Morgan fingerprint density at radius 1 is 1.93 bits per heavy atom. The number of nitrogens with two attached hydrogens (primary N) is 1. The van der Waals surface area contributed by atoms with E-state index in [9.17, 15) is 4.79 Å². The first-order valence-corrected chi connectivity index (χ1v) is 4.09. The quantitative estimate of drug-likeness (QED) is 0.710. The van der Waals surface area contributed by atoms with Crippen LogP contribution in [0.3, 0.4) is 0 Å². The molecule has 4 N–H and O–H groups in total. The third-order valence-corrected chi connectivity index (χ3v) is 1.83. The zero-order chi connectivity index (χ0) is 17.7. The van der Waals surface area contributed by atoms with Gasteiger partial charge in [0, 0.05) is 26.2 Å². The normalized spacial score (nSPS) is 23.8. The van der Waals surface area contributed by atoms with Crippen molar-refractivity contribution in [3.63, 3.8) is 0 Å². The second kappa shape index (κ2) is 3.74. The summed E-state index contributed by atoms with van der Waals surface area (Å²) in [5.41, 5.74) is -1.34. The van der Waals surface area contributed by atoms with Crippen molar-refractivity contribution in [1.29, 1.82) is 0 Å². The van der Waals surface area contributed by atoms with Crippen LogP contribution in [0, 0.1) is 0 Å². The highest BCUT2D eigenvalue weighted by Crippen LogP contribution is 2.18. The lowest BCUT2D eigenvalue weighted by atomic mass is 10.1. The molecule has 4 heteroatoms. The van der Waals surface area contributed by atoms with Gasteiger partial charge in [0.15, 0.2) is 1.41 Å². The van der Waals surface area contributed by atoms with Crippen LogP contribution < -0.4 is 5.72 Å². The first kappa shape index (κ1) is 3.98. The number of carboxylic acid groups (broad SMARTS) is 1. The lowest BCUT2D eigenvalue weighted by Crippen LogP contribution is -2.32. The molecule has 1 aromatic heterocycles. The molecule has 1 heterocycles. The second-order valence-corrected chi connectivity index (χ2v) is 2.81. The molecular weight excluding hydrogens is 192 g/mol. The highest BCUT2D eigenvalue weighted by Gasteiger charge is 2.14. The number of para-hydroxylation sites is 1. The number of rotatable bonds is 4. The second-order valence-electron chi connectivity index (χ2n) is 2.81. The van der Waals surface area contributed by atoms with Crippen LogP contribution in [0.4, 0.5) is 0 Å². The fraction of sp³-hybridized carbons (Fsp3) is 0.182. The van der Waals surface area contributed by atoms with E-state index in [2.05, 4.69) is 0 Å². The standard InChI is InChI=1S/C11H12N2O2/c12-9(11(14)15)5-7-6-13-10-4-2-1-3-8(7)10/h1-4,6,9,13H,5,12H2,(H,14,15)/t9-/m0/s1/i4D,5D2,6D,9D/hD3. The van der Waals surface area contributed by atoms with Gasteiger partial charge < -0.3 is 15.8 Å². The van der Waals surface area contributed by atoms with Crippen molar-refractivity contribution in [3.05, 3.63) is 36.0 Å². The average molecular weight is 212 g/mol. The van der Waals surface area contributed by atoms with E-state index in [0.29, 0.717) is 4.98 Å². The Hall–Kier alpha value is -1.81. The van der Waals surface area contributed by atoms with Gasteiger partial charge in [0.05, 0.1) is 4.11 Å². The van der Waals surface area contributed by atoms with E-state index in [4.69, 9.17) is 16.2 Å². The number of carbonyl (C=O) groups is 1. The molecule has 0 aliphatic heterocycles. The van der Waals surface area contributed by atoms with Crippen LogP contribution in [0.5, 0.6) is 0 Å². The molecule has 1 atom stereocenters. The molecule has 2 rings (SSSR count). The number of carboxylic acids is 1. The van der Waals surface area contributed by atoms with E-state index in [1.165, 1.54) is 18.2 Å². The van der Waals surface area contributed by atoms with Crippen LogP contribution in [-0.2, 0) is 11.2 Å². The van der Waals surface area contributed by atoms with Gasteiger partial charge >= 0.3 is 5.97 Å². The van der Waals surface area contributed by atoms with Gasteiger partial charge in [-0.15, -0.1) is 0 Å². The smallest absolute Gasteiger partial charge is 0.320 e. The fourth-order valence-electron chi connectivity index (χ4n) is 1.16. The lowest BCUT2D eigenvalue weighted by Gasteiger charge is -2.04. The molecule has 4 nitrogen and oxygen atoms in total. The summed E-state index contributed by atoms with van der Waals surface area (Å²) in [5.74, 6) is -2.08. The number of hydrogen-bond acceptors (Lipinski definition) is 2. The number of benzene rings is 1. The summed E-state index contributed by atoms with van der Waals surface area (Å²) in [6, 6.07) is 0.445. The number of fused-ring (bicyclic) bond motifs is 1. The van der Waals surface area contributed by atoms with Gasteiger partial charge in [-0.1, -0.05) is 18.2 Å². The molecule has 0 amide bonds. The molecule has 0 radical (unpaired) electrons.